The molecule has 0 saturated carbocycles. The summed E-state index contributed by atoms with van der Waals surface area (Å²) in [5.41, 5.74) is -1.14. The molecule has 0 aliphatic heterocycles. The second kappa shape index (κ2) is 8.50. The molecule has 0 radical (unpaired) electrons. The van der Waals surface area contributed by atoms with Crippen molar-refractivity contribution in [3.63, 3.8) is 0 Å². The SMILES string of the molecule is O=C(N[C@H](CO)C(=O)O)c1nccnc1C(=O)N[C@H](CO)C(=O)O. The van der Waals surface area contributed by atoms with E-state index in [1.807, 2.05) is 10.6 Å². The van der Waals surface area contributed by atoms with Crippen LogP contribution in [0.25, 0.3) is 0 Å². The molecule has 0 aromatic carbocycles. The van der Waals surface area contributed by atoms with Crippen LogP contribution in [-0.4, -0.2) is 79.4 Å². The fraction of sp³-hybridized carbons (Fsp3) is 0.333. The molecule has 2 atom stereocenters. The first-order valence-corrected chi connectivity index (χ1v) is 6.41. The molecule has 1 aromatic rings. The monoisotopic (exact) mass is 342 g/mol. The number of nitrogens with zero attached hydrogens (tertiary/aromatic N) is 2. The largest absolute Gasteiger partial charge is 0.480 e. The molecule has 12 nitrogen and oxygen atoms in total. The van der Waals surface area contributed by atoms with Crippen LogP contribution in [0.4, 0.5) is 0 Å². The van der Waals surface area contributed by atoms with Crippen molar-refractivity contribution in [3.05, 3.63) is 23.8 Å². The third kappa shape index (κ3) is 4.69. The fourth-order valence-electron chi connectivity index (χ4n) is 1.49. The highest BCUT2D eigenvalue weighted by atomic mass is 16.4. The molecule has 0 fully saturated rings. The Kier molecular flexibility index (Phi) is 6.70. The fourth-order valence-corrected chi connectivity index (χ4v) is 1.49. The smallest absolute Gasteiger partial charge is 0.328 e. The number of aromatic nitrogens is 2. The third-order valence-electron chi connectivity index (χ3n) is 2.70. The zero-order chi connectivity index (χ0) is 18.3. The summed E-state index contributed by atoms with van der Waals surface area (Å²) in [6, 6.07) is -3.25. The molecule has 0 aliphatic rings. The maximum atomic E-state index is 12.0. The highest BCUT2D eigenvalue weighted by Crippen LogP contribution is 2.03. The van der Waals surface area contributed by atoms with E-state index in [0.717, 1.165) is 12.4 Å². The van der Waals surface area contributed by atoms with Crippen LogP contribution in [-0.2, 0) is 9.59 Å². The van der Waals surface area contributed by atoms with Crippen LogP contribution in [0.5, 0.6) is 0 Å². The van der Waals surface area contributed by atoms with Gasteiger partial charge >= 0.3 is 11.9 Å². The molecule has 24 heavy (non-hydrogen) atoms. The van der Waals surface area contributed by atoms with E-state index < -0.39 is 60.4 Å². The summed E-state index contributed by atoms with van der Waals surface area (Å²) in [7, 11) is 0. The molecule has 0 aliphatic carbocycles. The average Bonchev–Trinajstić information content (AvgIpc) is 2.56. The molecule has 1 heterocycles. The second-order valence-electron chi connectivity index (χ2n) is 4.35. The summed E-state index contributed by atoms with van der Waals surface area (Å²) in [5.74, 6) is -5.23. The van der Waals surface area contributed by atoms with Crippen molar-refractivity contribution in [2.45, 2.75) is 12.1 Å². The zero-order valence-electron chi connectivity index (χ0n) is 12.0. The van der Waals surface area contributed by atoms with Gasteiger partial charge in [-0.05, 0) is 0 Å². The number of amides is 2. The number of aliphatic hydroxyl groups excluding tert-OH is 2. The molecule has 1 rings (SSSR count). The summed E-state index contributed by atoms with van der Waals surface area (Å²) in [5, 5.41) is 39.2. The molecule has 0 bridgehead atoms. The summed E-state index contributed by atoms with van der Waals surface area (Å²) in [6.07, 6.45) is 2.11. The highest BCUT2D eigenvalue weighted by Gasteiger charge is 2.27. The standard InChI is InChI=1S/C12H14N4O8/c17-3-5(11(21)22)15-9(19)7-8(14-2-1-13-7)10(20)16-6(4-18)12(23)24/h1-2,5-6,17-18H,3-4H2,(H,15,19)(H,16,20)(H,21,22)(H,23,24)/t5-,6-/m1/s1. The summed E-state index contributed by atoms with van der Waals surface area (Å²) < 4.78 is 0. The molecule has 1 aromatic heterocycles. The van der Waals surface area contributed by atoms with Crippen molar-refractivity contribution in [1.29, 1.82) is 0 Å². The first-order valence-electron chi connectivity index (χ1n) is 6.41. The van der Waals surface area contributed by atoms with Gasteiger partial charge in [0, 0.05) is 12.4 Å². The minimum absolute atomic E-state index is 0.572. The van der Waals surface area contributed by atoms with Crippen LogP contribution in [0, 0.1) is 0 Å². The Balaban J connectivity index is 3.03. The lowest BCUT2D eigenvalue weighted by atomic mass is 10.2. The van der Waals surface area contributed by atoms with Gasteiger partial charge in [-0.2, -0.15) is 0 Å². The lowest BCUT2D eigenvalue weighted by Crippen LogP contribution is -2.46. The van der Waals surface area contributed by atoms with Gasteiger partial charge in [-0.25, -0.2) is 19.6 Å². The quantitative estimate of drug-likeness (QED) is 0.280. The van der Waals surface area contributed by atoms with Gasteiger partial charge in [0.1, 0.15) is 0 Å². The lowest BCUT2D eigenvalue weighted by molar-refractivity contribution is -0.141. The molecule has 130 valence electrons. The van der Waals surface area contributed by atoms with Crippen molar-refractivity contribution in [1.82, 2.24) is 20.6 Å². The first kappa shape index (κ1) is 18.9. The van der Waals surface area contributed by atoms with Crippen molar-refractivity contribution < 1.29 is 39.6 Å². The number of nitrogens with one attached hydrogen (secondary N) is 2. The minimum Gasteiger partial charge on any atom is -0.480 e. The normalized spacial score (nSPS) is 12.8. The Bertz CT molecular complexity index is 595. The number of aliphatic hydroxyl groups is 2. The summed E-state index contributed by atoms with van der Waals surface area (Å²) >= 11 is 0. The Morgan fingerprint density at radius 1 is 0.833 bits per heavy atom. The number of carbonyl (C=O) groups excluding carboxylic acids is 2. The molecule has 0 saturated heterocycles. The number of carboxylic acids is 2. The van der Waals surface area contributed by atoms with E-state index in [0.29, 0.717) is 0 Å². The predicted molar refractivity (Wildman–Crippen MR) is 74.0 cm³/mol. The maximum absolute atomic E-state index is 12.0. The molecule has 0 unspecified atom stereocenters. The molecule has 2 amide bonds. The van der Waals surface area contributed by atoms with Gasteiger partial charge in [0.2, 0.25) is 0 Å². The van der Waals surface area contributed by atoms with Crippen LogP contribution in [0.1, 0.15) is 21.0 Å². The topological polar surface area (TPSA) is 199 Å². The van der Waals surface area contributed by atoms with Gasteiger partial charge in [-0.3, -0.25) is 9.59 Å². The summed E-state index contributed by atoms with van der Waals surface area (Å²) in [6.45, 7) is -1.79. The molecular weight excluding hydrogens is 328 g/mol. The van der Waals surface area contributed by atoms with Gasteiger partial charge in [0.25, 0.3) is 11.8 Å². The van der Waals surface area contributed by atoms with E-state index >= 15 is 0 Å². The average molecular weight is 342 g/mol. The van der Waals surface area contributed by atoms with Crippen LogP contribution in [0.3, 0.4) is 0 Å². The third-order valence-corrected chi connectivity index (χ3v) is 2.70. The highest BCUT2D eigenvalue weighted by molar-refractivity contribution is 6.06. The van der Waals surface area contributed by atoms with E-state index in [2.05, 4.69) is 9.97 Å². The van der Waals surface area contributed by atoms with E-state index in [4.69, 9.17) is 20.4 Å². The zero-order valence-corrected chi connectivity index (χ0v) is 12.0. The minimum atomic E-state index is -1.63. The summed E-state index contributed by atoms with van der Waals surface area (Å²) in [4.78, 5) is 52.8. The number of carbonyl (C=O) groups is 4. The molecule has 6 N–H and O–H groups in total. The number of rotatable bonds is 8. The Hall–Kier alpha value is -3.12. The van der Waals surface area contributed by atoms with Gasteiger partial charge < -0.3 is 31.1 Å². The van der Waals surface area contributed by atoms with E-state index in [9.17, 15) is 19.2 Å². The van der Waals surface area contributed by atoms with Crippen LogP contribution in [0.2, 0.25) is 0 Å². The van der Waals surface area contributed by atoms with Crippen molar-refractivity contribution in [3.8, 4) is 0 Å². The van der Waals surface area contributed by atoms with Crippen molar-refractivity contribution in [2.24, 2.45) is 0 Å². The second-order valence-corrected chi connectivity index (χ2v) is 4.35. The molecule has 0 spiro atoms. The van der Waals surface area contributed by atoms with Gasteiger partial charge in [-0.1, -0.05) is 0 Å². The number of aliphatic carboxylic acids is 2. The predicted octanol–water partition coefficient (Wildman–Crippen LogP) is -3.17. The van der Waals surface area contributed by atoms with Crippen LogP contribution >= 0.6 is 0 Å². The Morgan fingerprint density at radius 2 is 1.17 bits per heavy atom. The van der Waals surface area contributed by atoms with Crippen LogP contribution in [0.15, 0.2) is 12.4 Å². The van der Waals surface area contributed by atoms with E-state index in [1.165, 1.54) is 0 Å². The lowest BCUT2D eigenvalue weighted by Gasteiger charge is -2.14. The Labute approximate surface area is 134 Å². The van der Waals surface area contributed by atoms with E-state index in [1.54, 1.807) is 0 Å². The molecule has 12 heteroatoms. The van der Waals surface area contributed by atoms with Gasteiger partial charge in [0.05, 0.1) is 13.2 Å². The number of hydrogen-bond donors (Lipinski definition) is 6. The number of carboxylic acid groups (broad SMARTS) is 2. The van der Waals surface area contributed by atoms with E-state index in [-0.39, 0.29) is 0 Å². The van der Waals surface area contributed by atoms with Gasteiger partial charge in [-0.15, -0.1) is 0 Å². The maximum Gasteiger partial charge on any atom is 0.328 e. The van der Waals surface area contributed by atoms with Crippen LogP contribution < -0.4 is 10.6 Å². The Morgan fingerprint density at radius 3 is 1.42 bits per heavy atom. The molecular formula is C12H14N4O8. The van der Waals surface area contributed by atoms with Gasteiger partial charge in [0.15, 0.2) is 23.5 Å². The van der Waals surface area contributed by atoms with Crippen molar-refractivity contribution in [2.75, 3.05) is 13.2 Å². The first-order chi connectivity index (χ1) is 11.3. The van der Waals surface area contributed by atoms with Crippen molar-refractivity contribution >= 4 is 23.8 Å². The number of hydrogen-bond acceptors (Lipinski definition) is 8.